The van der Waals surface area contributed by atoms with Crippen LogP contribution < -0.4 is 4.74 Å². The number of rotatable bonds is 5. The van der Waals surface area contributed by atoms with Gasteiger partial charge in [0.25, 0.3) is 18.0 Å². The van der Waals surface area contributed by atoms with Crippen molar-refractivity contribution in [2.24, 2.45) is 0 Å². The molecule has 0 spiro atoms. The van der Waals surface area contributed by atoms with Gasteiger partial charge in [-0.3, -0.25) is 4.79 Å². The van der Waals surface area contributed by atoms with Crippen molar-refractivity contribution in [3.05, 3.63) is 53.1 Å². The summed E-state index contributed by atoms with van der Waals surface area (Å²) in [5.74, 6) is -0.206. The van der Waals surface area contributed by atoms with Crippen molar-refractivity contribution in [3.63, 3.8) is 0 Å². The van der Waals surface area contributed by atoms with E-state index in [1.165, 1.54) is 30.3 Å². The summed E-state index contributed by atoms with van der Waals surface area (Å²) in [5, 5.41) is 4.02. The first kappa shape index (κ1) is 21.1. The molecule has 31 heavy (non-hydrogen) atoms. The number of pyridine rings is 1. The number of aromatic nitrogens is 2. The number of ether oxygens (including phenoxy) is 1. The summed E-state index contributed by atoms with van der Waals surface area (Å²) in [6.07, 6.45) is -2.21. The third-order valence-corrected chi connectivity index (χ3v) is 5.60. The Morgan fingerprint density at radius 3 is 2.55 bits per heavy atom. The average molecular weight is 433 g/mol. The molecule has 0 unspecified atom stereocenters. The third-order valence-electron chi connectivity index (χ3n) is 5.60. The molecule has 0 saturated carbocycles. The highest BCUT2D eigenvalue weighted by molar-refractivity contribution is 5.81. The minimum absolute atomic E-state index is 0.0651. The summed E-state index contributed by atoms with van der Waals surface area (Å²) >= 11 is 0. The Morgan fingerprint density at radius 1 is 1.23 bits per heavy atom. The van der Waals surface area contributed by atoms with Crippen LogP contribution in [0.1, 0.15) is 49.1 Å². The molecule has 1 saturated heterocycles. The number of fused-ring (bicyclic) bond motifs is 1. The van der Waals surface area contributed by atoms with Crippen LogP contribution in [0.4, 0.5) is 13.2 Å². The van der Waals surface area contributed by atoms with E-state index < -0.39 is 12.5 Å². The maximum Gasteiger partial charge on any atom is 0.264 e. The van der Waals surface area contributed by atoms with Gasteiger partial charge in [0.2, 0.25) is 0 Å². The lowest BCUT2D eigenvalue weighted by Gasteiger charge is -2.33. The van der Waals surface area contributed by atoms with Gasteiger partial charge in [-0.05, 0) is 57.0 Å². The Morgan fingerprint density at radius 2 is 1.90 bits per heavy atom. The highest BCUT2D eigenvalue weighted by atomic mass is 19.3. The van der Waals surface area contributed by atoms with Crippen molar-refractivity contribution in [3.8, 4) is 5.75 Å². The van der Waals surface area contributed by atoms with Crippen LogP contribution in [-0.2, 0) is 4.79 Å². The number of halogens is 3. The smallest absolute Gasteiger partial charge is 0.264 e. The Labute approximate surface area is 177 Å². The molecule has 1 fully saturated rings. The van der Waals surface area contributed by atoms with Crippen molar-refractivity contribution < 1.29 is 27.2 Å². The van der Waals surface area contributed by atoms with E-state index in [9.17, 15) is 18.0 Å². The SMILES string of the molecule is Cc1noc2nc(C3CCN(C(=O)[C@@H](C)Oc4ccc(F)cc4)CC3)cc(C(F)F)c12. The zero-order valence-corrected chi connectivity index (χ0v) is 17.1. The molecule has 1 atom stereocenters. The fourth-order valence-corrected chi connectivity index (χ4v) is 3.95. The second-order valence-electron chi connectivity index (χ2n) is 7.70. The first-order valence-electron chi connectivity index (χ1n) is 10.1. The largest absolute Gasteiger partial charge is 0.481 e. The molecule has 0 radical (unpaired) electrons. The number of carbonyl (C=O) groups excluding carboxylic acids is 1. The van der Waals surface area contributed by atoms with Gasteiger partial charge in [0, 0.05) is 30.3 Å². The maximum atomic E-state index is 13.6. The topological polar surface area (TPSA) is 68.5 Å². The molecule has 0 aliphatic carbocycles. The van der Waals surface area contributed by atoms with Gasteiger partial charge < -0.3 is 14.2 Å². The molecule has 3 aromatic rings. The number of piperidine rings is 1. The molecule has 9 heteroatoms. The molecule has 1 aliphatic heterocycles. The quantitative estimate of drug-likeness (QED) is 0.579. The molecule has 2 aromatic heterocycles. The molecule has 164 valence electrons. The lowest BCUT2D eigenvalue weighted by atomic mass is 9.91. The lowest BCUT2D eigenvalue weighted by molar-refractivity contribution is -0.139. The van der Waals surface area contributed by atoms with E-state index in [-0.39, 0.29) is 34.3 Å². The van der Waals surface area contributed by atoms with E-state index in [0.29, 0.717) is 43.1 Å². The molecule has 0 bridgehead atoms. The summed E-state index contributed by atoms with van der Waals surface area (Å²) in [6.45, 7) is 4.17. The number of benzene rings is 1. The minimum atomic E-state index is -2.66. The van der Waals surface area contributed by atoms with Crippen molar-refractivity contribution >= 4 is 17.0 Å². The standard InChI is InChI=1S/C22H22F3N3O3/c1-12-19-17(20(24)25)11-18(26-21(19)31-27-12)14-7-9-28(10-8-14)22(29)13(2)30-16-5-3-15(23)4-6-16/h3-6,11,13-14,20H,7-10H2,1-2H3/t13-/m1/s1. The van der Waals surface area contributed by atoms with Gasteiger partial charge in [-0.2, -0.15) is 0 Å². The zero-order chi connectivity index (χ0) is 22.1. The van der Waals surface area contributed by atoms with Gasteiger partial charge in [-0.15, -0.1) is 0 Å². The Kier molecular flexibility index (Phi) is 5.84. The van der Waals surface area contributed by atoms with Crippen LogP contribution in [0.5, 0.6) is 5.75 Å². The lowest BCUT2D eigenvalue weighted by Crippen LogP contribution is -2.44. The molecule has 3 heterocycles. The van der Waals surface area contributed by atoms with Gasteiger partial charge in [0.05, 0.1) is 11.1 Å². The van der Waals surface area contributed by atoms with Crippen LogP contribution in [0.3, 0.4) is 0 Å². The molecule has 6 nitrogen and oxygen atoms in total. The van der Waals surface area contributed by atoms with Crippen LogP contribution in [0.25, 0.3) is 11.1 Å². The first-order valence-corrected chi connectivity index (χ1v) is 10.1. The number of aryl methyl sites for hydroxylation is 1. The minimum Gasteiger partial charge on any atom is -0.481 e. The van der Waals surface area contributed by atoms with E-state index in [1.54, 1.807) is 18.7 Å². The first-order chi connectivity index (χ1) is 14.8. The molecule has 1 aromatic carbocycles. The number of alkyl halides is 2. The number of likely N-dealkylation sites (tertiary alicyclic amines) is 1. The monoisotopic (exact) mass is 433 g/mol. The van der Waals surface area contributed by atoms with Crippen LogP contribution in [0, 0.1) is 12.7 Å². The summed E-state index contributed by atoms with van der Waals surface area (Å²) in [6, 6.07) is 6.91. The predicted molar refractivity (Wildman–Crippen MR) is 107 cm³/mol. The summed E-state index contributed by atoms with van der Waals surface area (Å²) in [7, 11) is 0. The van der Waals surface area contributed by atoms with E-state index in [4.69, 9.17) is 9.26 Å². The number of carbonyl (C=O) groups is 1. The van der Waals surface area contributed by atoms with E-state index in [2.05, 4.69) is 10.1 Å². The molecule has 4 rings (SSSR count). The van der Waals surface area contributed by atoms with Gasteiger partial charge in [-0.1, -0.05) is 5.16 Å². The Balaban J connectivity index is 1.42. The van der Waals surface area contributed by atoms with Crippen LogP contribution in [0.2, 0.25) is 0 Å². The normalized spacial score (nSPS) is 16.1. The molecular weight excluding hydrogens is 411 g/mol. The van der Waals surface area contributed by atoms with Crippen LogP contribution in [-0.4, -0.2) is 40.1 Å². The number of hydrogen-bond donors (Lipinski definition) is 0. The fraction of sp³-hybridized carbons (Fsp3) is 0.409. The molecule has 0 N–H and O–H groups in total. The number of hydrogen-bond acceptors (Lipinski definition) is 5. The van der Waals surface area contributed by atoms with Gasteiger partial charge in [0.15, 0.2) is 6.10 Å². The molecule has 1 amide bonds. The highest BCUT2D eigenvalue weighted by Gasteiger charge is 2.30. The number of nitrogens with zero attached hydrogens (tertiary/aromatic N) is 3. The predicted octanol–water partition coefficient (Wildman–Crippen LogP) is 4.78. The second kappa shape index (κ2) is 8.56. The average Bonchev–Trinajstić information content (AvgIpc) is 3.15. The van der Waals surface area contributed by atoms with Crippen molar-refractivity contribution in [1.82, 2.24) is 15.0 Å². The summed E-state index contributed by atoms with van der Waals surface area (Å²) < 4.78 is 50.9. The van der Waals surface area contributed by atoms with E-state index >= 15 is 0 Å². The van der Waals surface area contributed by atoms with Crippen LogP contribution in [0.15, 0.2) is 34.9 Å². The summed E-state index contributed by atoms with van der Waals surface area (Å²) in [5.41, 5.74) is 0.908. The van der Waals surface area contributed by atoms with Crippen molar-refractivity contribution in [2.45, 2.75) is 45.1 Å². The highest BCUT2D eigenvalue weighted by Crippen LogP contribution is 2.35. The second-order valence-corrected chi connectivity index (χ2v) is 7.70. The van der Waals surface area contributed by atoms with E-state index in [1.807, 2.05) is 0 Å². The van der Waals surface area contributed by atoms with Gasteiger partial charge in [-0.25, -0.2) is 18.2 Å². The van der Waals surface area contributed by atoms with Gasteiger partial charge >= 0.3 is 0 Å². The zero-order valence-electron chi connectivity index (χ0n) is 17.1. The Bertz CT molecular complexity index is 1080. The molecule has 1 aliphatic rings. The third kappa shape index (κ3) is 4.35. The number of amides is 1. The maximum absolute atomic E-state index is 13.6. The van der Waals surface area contributed by atoms with E-state index in [0.717, 1.165) is 0 Å². The van der Waals surface area contributed by atoms with Gasteiger partial charge in [0.1, 0.15) is 11.6 Å². The Hall–Kier alpha value is -3.10. The summed E-state index contributed by atoms with van der Waals surface area (Å²) in [4.78, 5) is 18.8. The molecular formula is C22H22F3N3O3. The van der Waals surface area contributed by atoms with Crippen LogP contribution >= 0.6 is 0 Å². The van der Waals surface area contributed by atoms with Crippen molar-refractivity contribution in [1.29, 1.82) is 0 Å². The fourth-order valence-electron chi connectivity index (χ4n) is 3.95. The van der Waals surface area contributed by atoms with Crippen molar-refractivity contribution in [2.75, 3.05) is 13.1 Å².